The van der Waals surface area contributed by atoms with Crippen LogP contribution in [0, 0.1) is 5.95 Å². The molecule has 1 aromatic carbocycles. The molecule has 1 spiro atoms. The Balaban J connectivity index is 0.000000360. The molecule has 170 valence electrons. The van der Waals surface area contributed by atoms with Gasteiger partial charge < -0.3 is 15.6 Å². The first kappa shape index (κ1) is 23.7. The summed E-state index contributed by atoms with van der Waals surface area (Å²) in [6.07, 6.45) is -5.12. The van der Waals surface area contributed by atoms with Crippen LogP contribution in [-0.2, 0) is 15.1 Å². The van der Waals surface area contributed by atoms with E-state index < -0.39 is 23.6 Å². The minimum absolute atomic E-state index is 0.0309. The zero-order valence-electron chi connectivity index (χ0n) is 15.9. The molecule has 2 aromatic rings. The van der Waals surface area contributed by atoms with Crippen LogP contribution >= 0.6 is 27.5 Å². The number of ether oxygens (including phenoxy) is 1. The average Bonchev–Trinajstić information content (AvgIpc) is 2.67. The van der Waals surface area contributed by atoms with Crippen molar-refractivity contribution in [2.24, 2.45) is 10.7 Å². The molecule has 1 aromatic heterocycles. The van der Waals surface area contributed by atoms with Gasteiger partial charge in [0.25, 0.3) is 5.95 Å². The Bertz CT molecular complexity index is 1160. The summed E-state index contributed by atoms with van der Waals surface area (Å²) >= 11 is 9.36. The van der Waals surface area contributed by atoms with Crippen molar-refractivity contribution in [2.75, 3.05) is 7.05 Å². The van der Waals surface area contributed by atoms with Crippen LogP contribution in [0.5, 0.6) is 11.5 Å². The van der Waals surface area contributed by atoms with E-state index in [9.17, 15) is 22.4 Å². The first-order chi connectivity index (χ1) is 14.8. The van der Waals surface area contributed by atoms with E-state index in [0.29, 0.717) is 16.9 Å². The van der Waals surface area contributed by atoms with E-state index in [0.717, 1.165) is 4.47 Å². The number of halogens is 6. The third-order valence-corrected chi connectivity index (χ3v) is 5.30. The van der Waals surface area contributed by atoms with Crippen LogP contribution in [0.1, 0.15) is 17.5 Å². The quantitative estimate of drug-likeness (QED) is 0.389. The number of rotatable bonds is 0. The molecule has 0 aliphatic carbocycles. The molecule has 14 heteroatoms. The van der Waals surface area contributed by atoms with Crippen LogP contribution in [-0.4, -0.2) is 46.1 Å². The molecule has 1 unspecified atom stereocenters. The zero-order valence-corrected chi connectivity index (χ0v) is 18.2. The van der Waals surface area contributed by atoms with Gasteiger partial charge in [-0.2, -0.15) is 17.6 Å². The summed E-state index contributed by atoms with van der Waals surface area (Å²) in [7, 11) is 1.54. The lowest BCUT2D eigenvalue weighted by molar-refractivity contribution is -0.192. The number of guanidine groups is 1. The summed E-state index contributed by atoms with van der Waals surface area (Å²) in [5.74, 6) is -3.56. The van der Waals surface area contributed by atoms with Crippen molar-refractivity contribution in [3.63, 3.8) is 0 Å². The Kier molecular flexibility index (Phi) is 6.08. The number of benzene rings is 1. The Morgan fingerprint density at radius 1 is 1.34 bits per heavy atom. The van der Waals surface area contributed by atoms with Gasteiger partial charge in [0.15, 0.2) is 11.7 Å². The molecule has 1 amide bonds. The molecule has 0 fully saturated rings. The number of carboxylic acids is 1. The topological polar surface area (TPSA) is 118 Å². The van der Waals surface area contributed by atoms with E-state index >= 15 is 0 Å². The molecule has 3 N–H and O–H groups in total. The number of aliphatic imine (C=N–C) groups is 1. The molecule has 2 aliphatic heterocycles. The second-order valence-electron chi connectivity index (χ2n) is 6.62. The summed E-state index contributed by atoms with van der Waals surface area (Å²) in [5.41, 5.74) is 5.65. The molecule has 2 aliphatic rings. The lowest BCUT2D eigenvalue weighted by atomic mass is 9.77. The highest BCUT2D eigenvalue weighted by molar-refractivity contribution is 9.10. The number of aliphatic carboxylic acids is 1. The summed E-state index contributed by atoms with van der Waals surface area (Å²) in [5, 5.41) is 7.07. The van der Waals surface area contributed by atoms with E-state index in [2.05, 4.69) is 25.9 Å². The normalized spacial score (nSPS) is 19.3. The molecule has 32 heavy (non-hydrogen) atoms. The molecular formula is C18H12BrClF4N4O4. The fourth-order valence-electron chi connectivity index (χ4n) is 3.13. The van der Waals surface area contributed by atoms with Gasteiger partial charge in [0, 0.05) is 22.6 Å². The standard InChI is InChI=1S/C16H11BrClFN4O2.C2HF3O2/c1-23-12(24)6-16(22-15(23)20)8-4-7(17)2-3-10(8)25-13-9(16)5-11(18)21-14(13)19;3-2(4,5)1(6)7/h2-5H,6H2,1H3,(H2,20,22);(H,6,7). The van der Waals surface area contributed by atoms with Gasteiger partial charge >= 0.3 is 12.1 Å². The number of fused-ring (bicyclic) bond motifs is 4. The van der Waals surface area contributed by atoms with Gasteiger partial charge in [-0.3, -0.25) is 9.69 Å². The van der Waals surface area contributed by atoms with Gasteiger partial charge in [0.2, 0.25) is 5.91 Å². The van der Waals surface area contributed by atoms with E-state index in [1.54, 1.807) is 18.2 Å². The predicted octanol–water partition coefficient (Wildman–Crippen LogP) is 3.80. The van der Waals surface area contributed by atoms with Gasteiger partial charge in [-0.05, 0) is 24.3 Å². The van der Waals surface area contributed by atoms with Crippen LogP contribution < -0.4 is 10.5 Å². The van der Waals surface area contributed by atoms with Crippen LogP contribution in [0.3, 0.4) is 0 Å². The number of carboxylic acid groups (broad SMARTS) is 1. The highest BCUT2D eigenvalue weighted by Crippen LogP contribution is 2.53. The van der Waals surface area contributed by atoms with Gasteiger partial charge in [-0.1, -0.05) is 27.5 Å². The number of amides is 1. The number of carbonyl (C=O) groups excluding carboxylic acids is 1. The van der Waals surface area contributed by atoms with Crippen molar-refractivity contribution >= 4 is 45.4 Å². The highest BCUT2D eigenvalue weighted by atomic mass is 79.9. The minimum atomic E-state index is -5.08. The Morgan fingerprint density at radius 3 is 2.53 bits per heavy atom. The van der Waals surface area contributed by atoms with Crippen molar-refractivity contribution in [3.8, 4) is 11.5 Å². The maximum atomic E-state index is 14.4. The molecular weight excluding hydrogens is 528 g/mol. The first-order valence-corrected chi connectivity index (χ1v) is 9.69. The maximum absolute atomic E-state index is 14.4. The van der Waals surface area contributed by atoms with Crippen LogP contribution in [0.25, 0.3) is 0 Å². The monoisotopic (exact) mass is 538 g/mol. The maximum Gasteiger partial charge on any atom is 0.490 e. The van der Waals surface area contributed by atoms with Crippen LogP contribution in [0.2, 0.25) is 5.15 Å². The van der Waals surface area contributed by atoms with E-state index in [-0.39, 0.29) is 29.2 Å². The fraction of sp³-hybridized carbons (Fsp3) is 0.222. The number of carbonyl (C=O) groups is 2. The van der Waals surface area contributed by atoms with Crippen molar-refractivity contribution in [1.29, 1.82) is 0 Å². The summed E-state index contributed by atoms with van der Waals surface area (Å²) in [6, 6.07) is 6.66. The largest absolute Gasteiger partial charge is 0.490 e. The number of hydrogen-bond acceptors (Lipinski definition) is 6. The first-order valence-electron chi connectivity index (χ1n) is 8.52. The second kappa shape index (κ2) is 8.20. The van der Waals surface area contributed by atoms with Crippen molar-refractivity contribution < 1.29 is 37.0 Å². The van der Waals surface area contributed by atoms with E-state index in [1.165, 1.54) is 18.0 Å². The van der Waals surface area contributed by atoms with Crippen LogP contribution in [0.4, 0.5) is 17.6 Å². The lowest BCUT2D eigenvalue weighted by Gasteiger charge is -2.40. The van der Waals surface area contributed by atoms with Crippen molar-refractivity contribution in [3.05, 3.63) is 51.0 Å². The Labute approximate surface area is 190 Å². The molecule has 0 saturated heterocycles. The van der Waals surface area contributed by atoms with Gasteiger partial charge in [-0.15, -0.1) is 0 Å². The summed E-state index contributed by atoms with van der Waals surface area (Å²) < 4.78 is 52.6. The average molecular weight is 540 g/mol. The van der Waals surface area contributed by atoms with E-state index in [1.807, 2.05) is 0 Å². The van der Waals surface area contributed by atoms with Gasteiger partial charge in [0.05, 0.1) is 6.42 Å². The molecule has 0 bridgehead atoms. The Hall–Kier alpha value is -2.93. The molecule has 4 rings (SSSR count). The predicted molar refractivity (Wildman–Crippen MR) is 107 cm³/mol. The van der Waals surface area contributed by atoms with Crippen LogP contribution in [0.15, 0.2) is 33.7 Å². The smallest absolute Gasteiger partial charge is 0.475 e. The Morgan fingerprint density at radius 2 is 1.97 bits per heavy atom. The zero-order chi connectivity index (χ0) is 24.0. The SMILES string of the molecule is CN1C(=O)CC2(N=C1N)c1cc(Br)ccc1Oc1c2cc(Cl)nc1F.O=C(O)C(F)(F)F. The van der Waals surface area contributed by atoms with Crippen molar-refractivity contribution in [2.45, 2.75) is 18.1 Å². The number of nitrogens with two attached hydrogens (primary N) is 1. The number of nitrogens with zero attached hydrogens (tertiary/aromatic N) is 3. The van der Waals surface area contributed by atoms with Gasteiger partial charge in [0.1, 0.15) is 16.4 Å². The molecule has 8 nitrogen and oxygen atoms in total. The third kappa shape index (κ3) is 4.21. The summed E-state index contributed by atoms with van der Waals surface area (Å²) in [6.45, 7) is 0. The minimum Gasteiger partial charge on any atom is -0.475 e. The molecule has 3 heterocycles. The second-order valence-corrected chi connectivity index (χ2v) is 7.92. The van der Waals surface area contributed by atoms with Crippen molar-refractivity contribution in [1.82, 2.24) is 9.88 Å². The molecule has 0 radical (unpaired) electrons. The number of hydrogen-bond donors (Lipinski definition) is 2. The molecule has 1 atom stereocenters. The fourth-order valence-corrected chi connectivity index (χ4v) is 3.68. The van der Waals surface area contributed by atoms with Gasteiger partial charge in [-0.25, -0.2) is 14.8 Å². The third-order valence-electron chi connectivity index (χ3n) is 4.62. The number of pyridine rings is 1. The lowest BCUT2D eigenvalue weighted by Crippen LogP contribution is -2.49. The molecule has 0 saturated carbocycles. The number of alkyl halides is 3. The highest BCUT2D eigenvalue weighted by Gasteiger charge is 2.49. The summed E-state index contributed by atoms with van der Waals surface area (Å²) in [4.78, 5) is 30.8. The number of aromatic nitrogens is 1. The van der Waals surface area contributed by atoms with E-state index in [4.69, 9.17) is 32.0 Å².